The first-order chi connectivity index (χ1) is 9.60. The molecule has 1 heterocycles. The molecular formula is C16H23NO3. The SMILES string of the molecule is COC(=O)C1(C)CCCCN1Cc1ccc(OC)cc1. The van der Waals surface area contributed by atoms with Crippen molar-refractivity contribution < 1.29 is 14.3 Å². The zero-order valence-corrected chi connectivity index (χ0v) is 12.5. The van der Waals surface area contributed by atoms with Crippen molar-refractivity contribution in [2.45, 2.75) is 38.3 Å². The predicted octanol–water partition coefficient (Wildman–Crippen LogP) is 2.61. The first-order valence-electron chi connectivity index (χ1n) is 7.06. The molecule has 20 heavy (non-hydrogen) atoms. The highest BCUT2D eigenvalue weighted by atomic mass is 16.5. The number of ether oxygens (including phenoxy) is 2. The molecule has 0 saturated carbocycles. The molecule has 110 valence electrons. The molecule has 0 spiro atoms. The van der Waals surface area contributed by atoms with Crippen LogP contribution in [0.15, 0.2) is 24.3 Å². The van der Waals surface area contributed by atoms with Crippen LogP contribution in [0.2, 0.25) is 0 Å². The molecular weight excluding hydrogens is 254 g/mol. The maximum Gasteiger partial charge on any atom is 0.325 e. The predicted molar refractivity (Wildman–Crippen MR) is 77.7 cm³/mol. The highest BCUT2D eigenvalue weighted by Crippen LogP contribution is 2.30. The Bertz CT molecular complexity index is 457. The van der Waals surface area contributed by atoms with Crippen molar-refractivity contribution in [2.75, 3.05) is 20.8 Å². The molecule has 1 unspecified atom stereocenters. The molecule has 1 atom stereocenters. The van der Waals surface area contributed by atoms with E-state index in [4.69, 9.17) is 9.47 Å². The van der Waals surface area contributed by atoms with Crippen molar-refractivity contribution in [3.8, 4) is 5.75 Å². The van der Waals surface area contributed by atoms with E-state index in [9.17, 15) is 4.79 Å². The first kappa shape index (κ1) is 14.9. The molecule has 1 aromatic carbocycles. The lowest BCUT2D eigenvalue weighted by molar-refractivity contribution is -0.157. The number of hydrogen-bond acceptors (Lipinski definition) is 4. The quantitative estimate of drug-likeness (QED) is 0.793. The summed E-state index contributed by atoms with van der Waals surface area (Å²) >= 11 is 0. The zero-order valence-electron chi connectivity index (χ0n) is 12.5. The molecule has 1 fully saturated rings. The van der Waals surface area contributed by atoms with Crippen LogP contribution in [0.25, 0.3) is 0 Å². The molecule has 1 aliphatic heterocycles. The Hall–Kier alpha value is -1.55. The van der Waals surface area contributed by atoms with Crippen LogP contribution < -0.4 is 4.74 Å². The molecule has 0 N–H and O–H groups in total. The minimum absolute atomic E-state index is 0.134. The average molecular weight is 277 g/mol. The molecule has 1 aromatic rings. The van der Waals surface area contributed by atoms with Crippen LogP contribution in [0.4, 0.5) is 0 Å². The van der Waals surface area contributed by atoms with Gasteiger partial charge in [0.25, 0.3) is 0 Å². The topological polar surface area (TPSA) is 38.8 Å². The number of benzene rings is 1. The van der Waals surface area contributed by atoms with E-state index in [1.165, 1.54) is 12.7 Å². The molecule has 2 rings (SSSR count). The number of nitrogens with zero attached hydrogens (tertiary/aromatic N) is 1. The van der Waals surface area contributed by atoms with Crippen molar-refractivity contribution in [1.82, 2.24) is 4.90 Å². The Kier molecular flexibility index (Phi) is 4.65. The zero-order chi connectivity index (χ0) is 14.6. The van der Waals surface area contributed by atoms with Gasteiger partial charge in [0.2, 0.25) is 0 Å². The van der Waals surface area contributed by atoms with Crippen LogP contribution in [0.3, 0.4) is 0 Å². The molecule has 0 aromatic heterocycles. The molecule has 0 bridgehead atoms. The van der Waals surface area contributed by atoms with Gasteiger partial charge in [0.1, 0.15) is 11.3 Å². The summed E-state index contributed by atoms with van der Waals surface area (Å²) in [6.07, 6.45) is 3.06. The summed E-state index contributed by atoms with van der Waals surface area (Å²) in [6.45, 7) is 3.68. The standard InChI is InChI=1S/C16H23NO3/c1-16(15(18)20-3)10-4-5-11-17(16)12-13-6-8-14(19-2)9-7-13/h6-9H,4-5,10-12H2,1-3H3. The van der Waals surface area contributed by atoms with Crippen LogP contribution in [-0.2, 0) is 16.1 Å². The summed E-state index contributed by atoms with van der Waals surface area (Å²) in [5.41, 5.74) is 0.676. The second-order valence-electron chi connectivity index (χ2n) is 5.49. The Morgan fingerprint density at radius 3 is 2.55 bits per heavy atom. The highest BCUT2D eigenvalue weighted by Gasteiger charge is 2.41. The minimum atomic E-state index is -0.507. The summed E-state index contributed by atoms with van der Waals surface area (Å²) < 4.78 is 10.2. The maximum atomic E-state index is 12.1. The number of hydrogen-bond donors (Lipinski definition) is 0. The van der Waals surface area contributed by atoms with E-state index in [1.54, 1.807) is 7.11 Å². The van der Waals surface area contributed by atoms with Gasteiger partial charge in [0.15, 0.2) is 0 Å². The number of carbonyl (C=O) groups excluding carboxylic acids is 1. The Balaban J connectivity index is 2.13. The summed E-state index contributed by atoms with van der Waals surface area (Å²) in [5.74, 6) is 0.717. The summed E-state index contributed by atoms with van der Waals surface area (Å²) in [7, 11) is 3.13. The third-order valence-corrected chi connectivity index (χ3v) is 4.20. The number of piperidine rings is 1. The van der Waals surface area contributed by atoms with E-state index >= 15 is 0 Å². The van der Waals surface area contributed by atoms with Crippen LogP contribution in [-0.4, -0.2) is 37.2 Å². The van der Waals surface area contributed by atoms with Gasteiger partial charge in [-0.05, 0) is 50.4 Å². The van der Waals surface area contributed by atoms with Gasteiger partial charge in [-0.15, -0.1) is 0 Å². The normalized spacial score (nSPS) is 23.4. The second kappa shape index (κ2) is 6.27. The Labute approximate surface area is 120 Å². The molecule has 4 heteroatoms. The minimum Gasteiger partial charge on any atom is -0.497 e. The number of rotatable bonds is 4. The van der Waals surface area contributed by atoms with Crippen molar-refractivity contribution in [2.24, 2.45) is 0 Å². The highest BCUT2D eigenvalue weighted by molar-refractivity contribution is 5.80. The summed E-state index contributed by atoms with van der Waals surface area (Å²) in [5, 5.41) is 0. The molecule has 0 radical (unpaired) electrons. The summed E-state index contributed by atoms with van der Waals surface area (Å²) in [6, 6.07) is 8.00. The summed E-state index contributed by atoms with van der Waals surface area (Å²) in [4.78, 5) is 14.3. The fourth-order valence-corrected chi connectivity index (χ4v) is 2.83. The van der Waals surface area contributed by atoms with Crippen molar-refractivity contribution in [3.63, 3.8) is 0 Å². The van der Waals surface area contributed by atoms with Gasteiger partial charge in [0.05, 0.1) is 14.2 Å². The van der Waals surface area contributed by atoms with Crippen LogP contribution in [0.1, 0.15) is 31.7 Å². The number of carbonyl (C=O) groups is 1. The number of likely N-dealkylation sites (tertiary alicyclic amines) is 1. The van der Waals surface area contributed by atoms with E-state index in [1.807, 2.05) is 31.2 Å². The van der Waals surface area contributed by atoms with Gasteiger partial charge in [-0.3, -0.25) is 9.69 Å². The van der Waals surface area contributed by atoms with E-state index in [-0.39, 0.29) is 5.97 Å². The lowest BCUT2D eigenvalue weighted by Crippen LogP contribution is -2.55. The van der Waals surface area contributed by atoms with Gasteiger partial charge >= 0.3 is 5.97 Å². The Morgan fingerprint density at radius 1 is 1.25 bits per heavy atom. The van der Waals surface area contributed by atoms with Crippen molar-refractivity contribution in [3.05, 3.63) is 29.8 Å². The van der Waals surface area contributed by atoms with Crippen LogP contribution in [0, 0.1) is 0 Å². The van der Waals surface area contributed by atoms with Gasteiger partial charge in [0, 0.05) is 6.54 Å². The monoisotopic (exact) mass is 277 g/mol. The largest absolute Gasteiger partial charge is 0.497 e. The fraction of sp³-hybridized carbons (Fsp3) is 0.562. The molecule has 0 amide bonds. The smallest absolute Gasteiger partial charge is 0.325 e. The first-order valence-corrected chi connectivity index (χ1v) is 7.06. The third-order valence-electron chi connectivity index (χ3n) is 4.20. The van der Waals surface area contributed by atoms with Gasteiger partial charge in [-0.25, -0.2) is 0 Å². The number of esters is 1. The van der Waals surface area contributed by atoms with Crippen molar-refractivity contribution >= 4 is 5.97 Å². The van der Waals surface area contributed by atoms with Crippen LogP contribution >= 0.6 is 0 Å². The van der Waals surface area contributed by atoms with Crippen LogP contribution in [0.5, 0.6) is 5.75 Å². The molecule has 4 nitrogen and oxygen atoms in total. The van der Waals surface area contributed by atoms with Gasteiger partial charge < -0.3 is 9.47 Å². The lowest BCUT2D eigenvalue weighted by Gasteiger charge is -2.42. The van der Waals surface area contributed by atoms with Gasteiger partial charge in [-0.2, -0.15) is 0 Å². The van der Waals surface area contributed by atoms with E-state index in [2.05, 4.69) is 4.90 Å². The third kappa shape index (κ3) is 2.96. The fourth-order valence-electron chi connectivity index (χ4n) is 2.83. The molecule has 0 aliphatic carbocycles. The van der Waals surface area contributed by atoms with E-state index < -0.39 is 5.54 Å². The average Bonchev–Trinajstić information content (AvgIpc) is 2.49. The lowest BCUT2D eigenvalue weighted by atomic mass is 9.88. The maximum absolute atomic E-state index is 12.1. The second-order valence-corrected chi connectivity index (χ2v) is 5.49. The van der Waals surface area contributed by atoms with E-state index in [0.29, 0.717) is 0 Å². The van der Waals surface area contributed by atoms with Gasteiger partial charge in [-0.1, -0.05) is 12.1 Å². The van der Waals surface area contributed by atoms with E-state index in [0.717, 1.165) is 38.1 Å². The Morgan fingerprint density at radius 2 is 1.95 bits per heavy atom. The molecule has 1 aliphatic rings. The van der Waals surface area contributed by atoms with Crippen molar-refractivity contribution in [1.29, 1.82) is 0 Å². The number of methoxy groups -OCH3 is 2. The molecule has 1 saturated heterocycles.